The number of hydrogen-bond donors (Lipinski definition) is 1. The lowest BCUT2D eigenvalue weighted by Crippen LogP contribution is -2.49. The van der Waals surface area contributed by atoms with Crippen LogP contribution in [0.3, 0.4) is 0 Å². The molecule has 1 saturated heterocycles. The Morgan fingerprint density at radius 3 is 2.75 bits per heavy atom. The minimum Gasteiger partial charge on any atom is -0.493 e. The first-order valence-corrected chi connectivity index (χ1v) is 9.31. The molecule has 1 aromatic heterocycles. The van der Waals surface area contributed by atoms with Crippen molar-refractivity contribution in [2.45, 2.75) is 25.0 Å². The number of amides is 1. The molecule has 0 aliphatic carbocycles. The van der Waals surface area contributed by atoms with Crippen molar-refractivity contribution in [2.24, 2.45) is 0 Å². The van der Waals surface area contributed by atoms with E-state index in [4.69, 9.17) is 14.2 Å². The van der Waals surface area contributed by atoms with Crippen LogP contribution in [0.2, 0.25) is 0 Å². The molecule has 150 valence electrons. The quantitative estimate of drug-likeness (QED) is 0.784. The number of pyridine rings is 1. The van der Waals surface area contributed by atoms with Gasteiger partial charge in [0.15, 0.2) is 11.5 Å². The van der Waals surface area contributed by atoms with Crippen molar-refractivity contribution >= 4 is 5.91 Å². The third-order valence-electron chi connectivity index (χ3n) is 4.92. The maximum Gasteiger partial charge on any atom is 0.223 e. The van der Waals surface area contributed by atoms with E-state index in [0.29, 0.717) is 37.5 Å². The van der Waals surface area contributed by atoms with Gasteiger partial charge in [0, 0.05) is 24.9 Å². The van der Waals surface area contributed by atoms with Gasteiger partial charge in [-0.1, -0.05) is 12.1 Å². The van der Waals surface area contributed by atoms with Gasteiger partial charge in [-0.3, -0.25) is 9.78 Å². The normalized spacial score (nSPS) is 19.3. The zero-order valence-electron chi connectivity index (χ0n) is 16.2. The lowest BCUT2D eigenvalue weighted by atomic mass is 9.97. The Balaban J connectivity index is 1.83. The number of carbonyl (C=O) groups is 1. The van der Waals surface area contributed by atoms with Gasteiger partial charge in [-0.2, -0.15) is 0 Å². The van der Waals surface area contributed by atoms with E-state index in [1.807, 2.05) is 30.3 Å². The molecule has 28 heavy (non-hydrogen) atoms. The van der Waals surface area contributed by atoms with Crippen molar-refractivity contribution in [3.8, 4) is 11.5 Å². The number of morpholine rings is 1. The molecule has 0 unspecified atom stereocenters. The van der Waals surface area contributed by atoms with Gasteiger partial charge >= 0.3 is 0 Å². The summed E-state index contributed by atoms with van der Waals surface area (Å²) in [5.74, 6) is 1.19. The summed E-state index contributed by atoms with van der Waals surface area (Å²) in [6.07, 6.45) is 2.15. The van der Waals surface area contributed by atoms with Gasteiger partial charge in [0.1, 0.15) is 6.10 Å². The number of rotatable bonds is 7. The van der Waals surface area contributed by atoms with Gasteiger partial charge in [0.2, 0.25) is 5.91 Å². The molecule has 7 nitrogen and oxygen atoms in total. The number of aliphatic hydroxyl groups excluding tert-OH is 1. The van der Waals surface area contributed by atoms with E-state index in [1.165, 1.54) is 0 Å². The van der Waals surface area contributed by atoms with Crippen molar-refractivity contribution < 1.29 is 24.1 Å². The maximum atomic E-state index is 13.0. The predicted octanol–water partition coefficient (Wildman–Crippen LogP) is 1.99. The average molecular weight is 386 g/mol. The van der Waals surface area contributed by atoms with Crippen LogP contribution in [0.25, 0.3) is 0 Å². The van der Waals surface area contributed by atoms with Crippen molar-refractivity contribution in [3.05, 3.63) is 53.9 Å². The molecule has 0 radical (unpaired) electrons. The summed E-state index contributed by atoms with van der Waals surface area (Å²) in [5, 5.41) is 9.83. The molecular weight excluding hydrogens is 360 g/mol. The van der Waals surface area contributed by atoms with Crippen molar-refractivity contribution in [1.29, 1.82) is 0 Å². The van der Waals surface area contributed by atoms with E-state index >= 15 is 0 Å². The lowest BCUT2D eigenvalue weighted by molar-refractivity contribution is -0.149. The number of carbonyl (C=O) groups excluding carboxylic acids is 1. The monoisotopic (exact) mass is 386 g/mol. The number of hydrogen-bond acceptors (Lipinski definition) is 6. The van der Waals surface area contributed by atoms with E-state index in [2.05, 4.69) is 4.98 Å². The molecule has 2 aromatic rings. The first kappa shape index (κ1) is 20.1. The van der Waals surface area contributed by atoms with Crippen LogP contribution >= 0.6 is 0 Å². The Labute approximate surface area is 164 Å². The molecule has 0 spiro atoms. The van der Waals surface area contributed by atoms with Gasteiger partial charge in [-0.25, -0.2) is 0 Å². The van der Waals surface area contributed by atoms with E-state index in [0.717, 1.165) is 11.3 Å². The third kappa shape index (κ3) is 4.43. The largest absolute Gasteiger partial charge is 0.493 e. The Hall–Kier alpha value is -2.64. The molecule has 1 aromatic carbocycles. The first-order chi connectivity index (χ1) is 13.7. The smallest absolute Gasteiger partial charge is 0.223 e. The summed E-state index contributed by atoms with van der Waals surface area (Å²) >= 11 is 0. The number of ether oxygens (including phenoxy) is 3. The highest BCUT2D eigenvalue weighted by Gasteiger charge is 2.36. The highest BCUT2D eigenvalue weighted by Crippen LogP contribution is 2.36. The van der Waals surface area contributed by atoms with Crippen LogP contribution in [0.1, 0.15) is 23.7 Å². The fourth-order valence-corrected chi connectivity index (χ4v) is 3.52. The lowest BCUT2D eigenvalue weighted by Gasteiger charge is -2.41. The Morgan fingerprint density at radius 1 is 1.25 bits per heavy atom. The van der Waals surface area contributed by atoms with Crippen LogP contribution < -0.4 is 9.47 Å². The minimum absolute atomic E-state index is 0.00666. The van der Waals surface area contributed by atoms with Crippen LogP contribution in [-0.4, -0.2) is 61.0 Å². The van der Waals surface area contributed by atoms with Gasteiger partial charge in [-0.15, -0.1) is 0 Å². The van der Waals surface area contributed by atoms with Crippen LogP contribution in [0.4, 0.5) is 0 Å². The molecule has 1 N–H and O–H groups in total. The molecule has 0 bridgehead atoms. The Morgan fingerprint density at radius 2 is 2.07 bits per heavy atom. The number of methoxy groups -OCH3 is 2. The van der Waals surface area contributed by atoms with Crippen molar-refractivity contribution in [1.82, 2.24) is 9.88 Å². The van der Waals surface area contributed by atoms with Gasteiger partial charge in [0.25, 0.3) is 0 Å². The number of nitrogens with zero attached hydrogens (tertiary/aromatic N) is 2. The summed E-state index contributed by atoms with van der Waals surface area (Å²) in [6, 6.07) is 10.8. The SMILES string of the molecule is COc1ccc([C@H]2[C@H](CO)OCCN2C(=O)CCc2ccccn2)cc1OC. The fraction of sp³-hybridized carbons (Fsp3) is 0.429. The highest BCUT2D eigenvalue weighted by molar-refractivity contribution is 5.77. The average Bonchev–Trinajstić information content (AvgIpc) is 2.77. The summed E-state index contributed by atoms with van der Waals surface area (Å²) in [7, 11) is 3.14. The number of aromatic nitrogens is 1. The highest BCUT2D eigenvalue weighted by atomic mass is 16.5. The van der Waals surface area contributed by atoms with Crippen molar-refractivity contribution in [3.63, 3.8) is 0 Å². The number of aliphatic hydroxyl groups is 1. The second kappa shape index (κ2) is 9.52. The standard InChI is InChI=1S/C21H26N2O5/c1-26-17-8-6-15(13-18(17)27-2)21-19(14-24)28-12-11-23(21)20(25)9-7-16-5-3-4-10-22-16/h3-6,8,10,13,19,21,24H,7,9,11-12,14H2,1-2H3/t19-,21-/m0/s1. The van der Waals surface area contributed by atoms with Crippen LogP contribution in [0.15, 0.2) is 42.6 Å². The fourth-order valence-electron chi connectivity index (χ4n) is 3.52. The Kier molecular flexibility index (Phi) is 6.84. The zero-order chi connectivity index (χ0) is 19.9. The van der Waals surface area contributed by atoms with Crippen molar-refractivity contribution in [2.75, 3.05) is 34.0 Å². The van der Waals surface area contributed by atoms with Crippen LogP contribution in [0.5, 0.6) is 11.5 Å². The number of benzene rings is 1. The summed E-state index contributed by atoms with van der Waals surface area (Å²) in [6.45, 7) is 0.684. The molecule has 1 aliphatic rings. The van der Waals surface area contributed by atoms with Gasteiger partial charge in [0.05, 0.1) is 33.5 Å². The predicted molar refractivity (Wildman–Crippen MR) is 103 cm³/mol. The molecule has 2 heterocycles. The summed E-state index contributed by atoms with van der Waals surface area (Å²) in [5.41, 5.74) is 1.72. The second-order valence-electron chi connectivity index (χ2n) is 6.56. The van der Waals surface area contributed by atoms with Gasteiger partial charge in [-0.05, 0) is 36.2 Å². The molecule has 1 aliphatic heterocycles. The van der Waals surface area contributed by atoms with Crippen LogP contribution in [0, 0.1) is 0 Å². The van der Waals surface area contributed by atoms with E-state index in [9.17, 15) is 9.90 Å². The van der Waals surface area contributed by atoms with Crippen LogP contribution in [-0.2, 0) is 16.0 Å². The third-order valence-corrected chi connectivity index (χ3v) is 4.92. The summed E-state index contributed by atoms with van der Waals surface area (Å²) in [4.78, 5) is 19.1. The summed E-state index contributed by atoms with van der Waals surface area (Å²) < 4.78 is 16.4. The topological polar surface area (TPSA) is 81.1 Å². The molecular formula is C21H26N2O5. The first-order valence-electron chi connectivity index (χ1n) is 9.31. The maximum absolute atomic E-state index is 13.0. The second-order valence-corrected chi connectivity index (χ2v) is 6.56. The molecule has 1 fully saturated rings. The number of aryl methyl sites for hydroxylation is 1. The van der Waals surface area contributed by atoms with E-state index in [1.54, 1.807) is 31.4 Å². The molecule has 2 atom stereocenters. The molecule has 1 amide bonds. The Bertz CT molecular complexity index is 784. The molecule has 3 rings (SSSR count). The minimum atomic E-state index is -0.495. The van der Waals surface area contributed by atoms with Gasteiger partial charge < -0.3 is 24.2 Å². The zero-order valence-corrected chi connectivity index (χ0v) is 16.2. The van der Waals surface area contributed by atoms with E-state index in [-0.39, 0.29) is 12.5 Å². The van der Waals surface area contributed by atoms with E-state index < -0.39 is 12.1 Å². The molecule has 0 saturated carbocycles. The molecule has 7 heteroatoms.